The maximum absolute atomic E-state index is 12.6. The summed E-state index contributed by atoms with van der Waals surface area (Å²) < 4.78 is 1.95. The van der Waals surface area contributed by atoms with Crippen LogP contribution in [0.1, 0.15) is 23.2 Å². The van der Waals surface area contributed by atoms with Crippen LogP contribution < -0.4 is 5.32 Å². The highest BCUT2D eigenvalue weighted by Crippen LogP contribution is 2.20. The minimum atomic E-state index is -0.832. The molecule has 1 amide bonds. The van der Waals surface area contributed by atoms with Gasteiger partial charge in [0.1, 0.15) is 5.82 Å². The van der Waals surface area contributed by atoms with E-state index in [0.717, 1.165) is 32.5 Å². The molecule has 1 atom stereocenters. The normalized spacial score (nSPS) is 16.5. The second-order valence-corrected chi connectivity index (χ2v) is 6.61. The third-order valence-corrected chi connectivity index (χ3v) is 4.65. The first-order valence-corrected chi connectivity index (χ1v) is 8.91. The van der Waals surface area contributed by atoms with Crippen LogP contribution in [0.25, 0.3) is 0 Å². The van der Waals surface area contributed by atoms with Crippen LogP contribution >= 0.6 is 0 Å². The highest BCUT2D eigenvalue weighted by atomic mass is 16.3. The highest BCUT2D eigenvalue weighted by Gasteiger charge is 2.24. The lowest BCUT2D eigenvalue weighted by Crippen LogP contribution is -2.39. The molecule has 1 aliphatic heterocycles. The van der Waals surface area contributed by atoms with Gasteiger partial charge in [-0.2, -0.15) is 5.10 Å². The number of nitrogens with zero attached hydrogens (tertiary/aromatic N) is 4. The van der Waals surface area contributed by atoms with Crippen LogP contribution in [0.3, 0.4) is 0 Å². The van der Waals surface area contributed by atoms with E-state index < -0.39 is 6.10 Å². The van der Waals surface area contributed by atoms with E-state index in [0.29, 0.717) is 17.3 Å². The van der Waals surface area contributed by atoms with Gasteiger partial charge in [-0.3, -0.25) is 9.48 Å². The molecule has 0 unspecified atom stereocenters. The Balaban J connectivity index is 1.48. The lowest BCUT2D eigenvalue weighted by atomic mass is 9.96. The first-order chi connectivity index (χ1) is 12.7. The maximum Gasteiger partial charge on any atom is 0.255 e. The molecule has 1 saturated heterocycles. The topological polar surface area (TPSA) is 104 Å². The molecule has 0 radical (unpaired) electrons. The van der Waals surface area contributed by atoms with Crippen molar-refractivity contribution in [2.45, 2.75) is 25.5 Å². The number of likely N-dealkylation sites (tertiary alicyclic amines) is 1. The lowest BCUT2D eigenvalue weighted by Gasteiger charge is -2.32. The number of aliphatic hydroxyl groups excluding tert-OH is 2. The number of nitrogens with one attached hydrogen (secondary N) is 1. The van der Waals surface area contributed by atoms with E-state index >= 15 is 0 Å². The van der Waals surface area contributed by atoms with Gasteiger partial charge in [0.15, 0.2) is 0 Å². The fraction of sp³-hybridized carbons (Fsp3) is 0.500. The molecule has 3 rings (SSSR count). The summed E-state index contributed by atoms with van der Waals surface area (Å²) in [5, 5.41) is 25.3. The Labute approximate surface area is 152 Å². The Morgan fingerprint density at radius 1 is 1.35 bits per heavy atom. The molecule has 0 aliphatic carbocycles. The maximum atomic E-state index is 12.6. The van der Waals surface area contributed by atoms with Gasteiger partial charge in [-0.25, -0.2) is 4.98 Å². The number of rotatable bonds is 7. The van der Waals surface area contributed by atoms with E-state index in [2.05, 4.69) is 15.4 Å². The van der Waals surface area contributed by atoms with Crippen LogP contribution in [0.5, 0.6) is 0 Å². The van der Waals surface area contributed by atoms with Gasteiger partial charge in [-0.1, -0.05) is 0 Å². The molecule has 26 heavy (non-hydrogen) atoms. The summed E-state index contributed by atoms with van der Waals surface area (Å²) in [6.45, 7) is 2.29. The van der Waals surface area contributed by atoms with Gasteiger partial charge >= 0.3 is 0 Å². The zero-order chi connectivity index (χ0) is 18.4. The summed E-state index contributed by atoms with van der Waals surface area (Å²) in [5.74, 6) is 1.10. The molecule has 8 nitrogen and oxygen atoms in total. The minimum absolute atomic E-state index is 0.00279. The molecular formula is C18H25N5O3. The number of carbonyl (C=O) groups is 1. The fourth-order valence-electron chi connectivity index (χ4n) is 3.09. The second kappa shape index (κ2) is 8.77. The third kappa shape index (κ3) is 4.80. The Kier molecular flexibility index (Phi) is 6.19. The summed E-state index contributed by atoms with van der Waals surface area (Å²) in [7, 11) is 0. The number of anilines is 1. The molecule has 0 spiro atoms. The summed E-state index contributed by atoms with van der Waals surface area (Å²) >= 11 is 0. The number of carbonyl (C=O) groups excluding carboxylic acids is 1. The zero-order valence-electron chi connectivity index (χ0n) is 14.7. The molecule has 0 saturated carbocycles. The summed E-state index contributed by atoms with van der Waals surface area (Å²) in [4.78, 5) is 18.7. The molecule has 3 heterocycles. The number of hydrogen-bond acceptors (Lipinski definition) is 6. The summed E-state index contributed by atoms with van der Waals surface area (Å²) in [6.07, 6.45) is 6.41. The Morgan fingerprint density at radius 2 is 2.15 bits per heavy atom. The number of amides is 1. The molecule has 0 bridgehead atoms. The van der Waals surface area contributed by atoms with Gasteiger partial charge in [-0.15, -0.1) is 0 Å². The molecular weight excluding hydrogens is 334 g/mol. The van der Waals surface area contributed by atoms with Gasteiger partial charge in [0.2, 0.25) is 0 Å². The predicted molar refractivity (Wildman–Crippen MR) is 96.7 cm³/mol. The smallest absolute Gasteiger partial charge is 0.255 e. The van der Waals surface area contributed by atoms with Crippen molar-refractivity contribution in [3.63, 3.8) is 0 Å². The van der Waals surface area contributed by atoms with Crippen molar-refractivity contribution in [1.29, 1.82) is 0 Å². The van der Waals surface area contributed by atoms with Gasteiger partial charge < -0.3 is 20.4 Å². The first kappa shape index (κ1) is 18.3. The Morgan fingerprint density at radius 3 is 2.77 bits per heavy atom. The van der Waals surface area contributed by atoms with Crippen LogP contribution in [0.4, 0.5) is 5.82 Å². The Hall–Kier alpha value is -2.45. The molecule has 3 N–H and O–H groups in total. The van der Waals surface area contributed by atoms with E-state index in [1.165, 1.54) is 0 Å². The highest BCUT2D eigenvalue weighted by molar-refractivity contribution is 5.94. The third-order valence-electron chi connectivity index (χ3n) is 4.65. The predicted octanol–water partition coefficient (Wildman–Crippen LogP) is 0.596. The van der Waals surface area contributed by atoms with Crippen LogP contribution in [-0.4, -0.2) is 68.1 Å². The number of pyridine rings is 1. The summed E-state index contributed by atoms with van der Waals surface area (Å²) in [6, 6.07) is 5.37. The summed E-state index contributed by atoms with van der Waals surface area (Å²) in [5.41, 5.74) is 0.559. The zero-order valence-corrected chi connectivity index (χ0v) is 14.7. The standard InChI is InChI=1S/C18H25N5O3/c24-13-16(25)11-20-17-3-2-15(10-19-17)18(26)22-8-4-14(5-9-22)12-23-7-1-6-21-23/h1-3,6-7,10,14,16,24-25H,4-5,8-9,11-13H2,(H,19,20)/t16-/m0/s1. The van der Waals surface area contributed by atoms with Crippen molar-refractivity contribution < 1.29 is 15.0 Å². The molecule has 8 heteroatoms. The Bertz CT molecular complexity index is 681. The molecule has 1 aliphatic rings. The molecule has 0 aromatic carbocycles. The van der Waals surface area contributed by atoms with Gasteiger partial charge in [0, 0.05) is 44.8 Å². The van der Waals surface area contributed by atoms with Crippen molar-refractivity contribution in [3.8, 4) is 0 Å². The first-order valence-electron chi connectivity index (χ1n) is 8.91. The van der Waals surface area contributed by atoms with Crippen molar-refractivity contribution in [2.24, 2.45) is 5.92 Å². The SMILES string of the molecule is O=C(c1ccc(NC[C@H](O)CO)nc1)N1CCC(Cn2cccn2)CC1. The monoisotopic (exact) mass is 359 g/mol. The lowest BCUT2D eigenvalue weighted by molar-refractivity contribution is 0.0681. The van der Waals surface area contributed by atoms with Crippen molar-refractivity contribution >= 4 is 11.7 Å². The fourth-order valence-corrected chi connectivity index (χ4v) is 3.09. The minimum Gasteiger partial charge on any atom is -0.394 e. The van der Waals surface area contributed by atoms with Gasteiger partial charge in [0.05, 0.1) is 18.3 Å². The number of hydrogen-bond donors (Lipinski definition) is 3. The van der Waals surface area contributed by atoms with Crippen LogP contribution in [0, 0.1) is 5.92 Å². The van der Waals surface area contributed by atoms with Crippen molar-refractivity contribution in [2.75, 3.05) is 31.6 Å². The number of piperidine rings is 1. The number of aliphatic hydroxyl groups is 2. The van der Waals surface area contributed by atoms with E-state index in [1.807, 2.05) is 21.8 Å². The second-order valence-electron chi connectivity index (χ2n) is 6.61. The average Bonchev–Trinajstić information content (AvgIpc) is 3.19. The molecule has 2 aromatic rings. The largest absolute Gasteiger partial charge is 0.394 e. The van der Waals surface area contributed by atoms with Crippen molar-refractivity contribution in [1.82, 2.24) is 19.7 Å². The quantitative estimate of drug-likeness (QED) is 0.669. The van der Waals surface area contributed by atoms with Crippen LogP contribution in [0.2, 0.25) is 0 Å². The average molecular weight is 359 g/mol. The van der Waals surface area contributed by atoms with E-state index in [4.69, 9.17) is 5.11 Å². The van der Waals surface area contributed by atoms with Crippen LogP contribution in [0.15, 0.2) is 36.8 Å². The molecule has 140 valence electrons. The number of aromatic nitrogens is 3. The van der Waals surface area contributed by atoms with Gasteiger partial charge in [0.25, 0.3) is 5.91 Å². The van der Waals surface area contributed by atoms with E-state index in [-0.39, 0.29) is 19.1 Å². The molecule has 2 aromatic heterocycles. The van der Waals surface area contributed by atoms with E-state index in [9.17, 15) is 9.90 Å². The van der Waals surface area contributed by atoms with E-state index in [1.54, 1.807) is 24.5 Å². The van der Waals surface area contributed by atoms with Crippen molar-refractivity contribution in [3.05, 3.63) is 42.4 Å². The van der Waals surface area contributed by atoms with Gasteiger partial charge in [-0.05, 0) is 37.0 Å². The molecule has 1 fully saturated rings. The van der Waals surface area contributed by atoms with Crippen LogP contribution in [-0.2, 0) is 6.54 Å².